The molecule has 3 nitrogen and oxygen atoms in total. The minimum Gasteiger partial charge on any atom is -0.309 e. The molecule has 0 unspecified atom stereocenters. The molecule has 0 amide bonds. The summed E-state index contributed by atoms with van der Waals surface area (Å²) in [7, 11) is 0. The van der Waals surface area contributed by atoms with Crippen LogP contribution in [0.3, 0.4) is 0 Å². The summed E-state index contributed by atoms with van der Waals surface area (Å²) in [5.74, 6) is 0. The lowest BCUT2D eigenvalue weighted by molar-refractivity contribution is 1.18. The van der Waals surface area contributed by atoms with Crippen molar-refractivity contribution in [3.05, 3.63) is 169 Å². The number of nitrogens with zero attached hydrogens (tertiary/aromatic N) is 3. The maximum Gasteiger partial charge on any atom is 0.0991 e. The van der Waals surface area contributed by atoms with Crippen molar-refractivity contribution >= 4 is 43.6 Å². The molecule has 2 aromatic heterocycles. The molecule has 0 bridgehead atoms. The second-order valence-corrected chi connectivity index (χ2v) is 11.7. The molecule has 0 fully saturated rings. The van der Waals surface area contributed by atoms with Gasteiger partial charge in [-0.1, -0.05) is 103 Å². The fraction of sp³-hybridized carbons (Fsp3) is 0. The zero-order chi connectivity index (χ0) is 30.6. The van der Waals surface area contributed by atoms with Gasteiger partial charge in [0.1, 0.15) is 0 Å². The monoisotopic (exact) mass is 585 g/mol. The third kappa shape index (κ3) is 3.98. The van der Waals surface area contributed by atoms with Gasteiger partial charge in [0.2, 0.25) is 0 Å². The Morgan fingerprint density at radius 2 is 0.957 bits per heavy atom. The summed E-state index contributed by atoms with van der Waals surface area (Å²) < 4.78 is 4.71. The second-order valence-electron chi connectivity index (χ2n) is 11.7. The van der Waals surface area contributed by atoms with E-state index in [1.807, 2.05) is 12.1 Å². The van der Waals surface area contributed by atoms with Gasteiger partial charge in [-0.2, -0.15) is 5.26 Å². The van der Waals surface area contributed by atoms with Crippen molar-refractivity contribution in [2.75, 3.05) is 0 Å². The first-order chi connectivity index (χ1) is 22.8. The summed E-state index contributed by atoms with van der Waals surface area (Å²) >= 11 is 0. The lowest BCUT2D eigenvalue weighted by Gasteiger charge is -2.17. The largest absolute Gasteiger partial charge is 0.309 e. The zero-order valence-corrected chi connectivity index (χ0v) is 24.9. The molecule has 0 radical (unpaired) electrons. The normalized spacial score (nSPS) is 11.5. The molecule has 0 aliphatic heterocycles. The average molecular weight is 586 g/mol. The van der Waals surface area contributed by atoms with Crippen LogP contribution >= 0.6 is 0 Å². The number of fused-ring (bicyclic) bond motifs is 6. The van der Waals surface area contributed by atoms with Gasteiger partial charge in [-0.15, -0.1) is 0 Å². The van der Waals surface area contributed by atoms with E-state index in [-0.39, 0.29) is 0 Å². The minimum atomic E-state index is 0.664. The predicted octanol–water partition coefficient (Wildman–Crippen LogP) is 11.1. The highest BCUT2D eigenvalue weighted by atomic mass is 15.0. The third-order valence-electron chi connectivity index (χ3n) is 9.14. The molecule has 0 saturated carbocycles. The van der Waals surface area contributed by atoms with Gasteiger partial charge in [0, 0.05) is 32.8 Å². The van der Waals surface area contributed by atoms with Crippen molar-refractivity contribution in [1.29, 1.82) is 5.26 Å². The average Bonchev–Trinajstić information content (AvgIpc) is 3.64. The van der Waals surface area contributed by atoms with E-state index in [1.54, 1.807) is 0 Å². The van der Waals surface area contributed by atoms with Crippen LogP contribution in [-0.4, -0.2) is 9.13 Å². The first-order valence-corrected chi connectivity index (χ1v) is 15.5. The van der Waals surface area contributed by atoms with Crippen molar-refractivity contribution in [3.8, 4) is 39.7 Å². The number of aromatic nitrogens is 2. The zero-order valence-electron chi connectivity index (χ0n) is 24.9. The standard InChI is InChI=1S/C43H27N3/c44-28-29-21-23-43-38(25-29)36-17-6-9-20-41(36)46(43)42-24-22-32(27-37(42)30-11-2-1-3-12-30)31-13-10-14-33(26-31)45-39-18-7-4-15-34(39)35-16-5-8-19-40(35)45/h1-27H. The van der Waals surface area contributed by atoms with Crippen LogP contribution in [0, 0.1) is 11.3 Å². The van der Waals surface area contributed by atoms with Gasteiger partial charge in [-0.3, -0.25) is 0 Å². The highest BCUT2D eigenvalue weighted by Gasteiger charge is 2.18. The molecular weight excluding hydrogens is 558 g/mol. The molecule has 7 aromatic carbocycles. The Balaban J connectivity index is 1.27. The summed E-state index contributed by atoms with van der Waals surface area (Å²) in [6, 6.07) is 60.3. The molecule has 3 heteroatoms. The van der Waals surface area contributed by atoms with E-state index in [0.29, 0.717) is 5.56 Å². The van der Waals surface area contributed by atoms with Gasteiger partial charge in [0.05, 0.1) is 39.4 Å². The molecule has 2 heterocycles. The number of hydrogen-bond donors (Lipinski definition) is 0. The van der Waals surface area contributed by atoms with Crippen molar-refractivity contribution in [2.45, 2.75) is 0 Å². The lowest BCUT2D eigenvalue weighted by Crippen LogP contribution is -1.98. The van der Waals surface area contributed by atoms with Crippen molar-refractivity contribution in [1.82, 2.24) is 9.13 Å². The fourth-order valence-electron chi connectivity index (χ4n) is 7.09. The summed E-state index contributed by atoms with van der Waals surface area (Å²) in [4.78, 5) is 0. The van der Waals surface area contributed by atoms with Crippen LogP contribution in [0.25, 0.3) is 77.2 Å². The summed E-state index contributed by atoms with van der Waals surface area (Å²) in [6.07, 6.45) is 0. The highest BCUT2D eigenvalue weighted by Crippen LogP contribution is 2.39. The third-order valence-corrected chi connectivity index (χ3v) is 9.14. The van der Waals surface area contributed by atoms with E-state index < -0.39 is 0 Å². The summed E-state index contributed by atoms with van der Waals surface area (Å²) in [5.41, 5.74) is 12.1. The molecule has 0 aliphatic rings. The summed E-state index contributed by atoms with van der Waals surface area (Å²) in [6.45, 7) is 0. The van der Waals surface area contributed by atoms with Crippen LogP contribution in [0.15, 0.2) is 164 Å². The predicted molar refractivity (Wildman–Crippen MR) is 191 cm³/mol. The number of nitriles is 1. The van der Waals surface area contributed by atoms with E-state index in [9.17, 15) is 5.26 Å². The first kappa shape index (κ1) is 26.1. The molecule has 9 aromatic rings. The van der Waals surface area contributed by atoms with Crippen molar-refractivity contribution in [2.24, 2.45) is 0 Å². The molecule has 0 N–H and O–H groups in total. The van der Waals surface area contributed by atoms with Gasteiger partial charge in [-0.05, 0) is 77.4 Å². The molecule has 0 atom stereocenters. The van der Waals surface area contributed by atoms with E-state index in [1.165, 1.54) is 21.8 Å². The van der Waals surface area contributed by atoms with Crippen LogP contribution < -0.4 is 0 Å². The van der Waals surface area contributed by atoms with Gasteiger partial charge >= 0.3 is 0 Å². The fourth-order valence-corrected chi connectivity index (χ4v) is 7.09. The Morgan fingerprint density at radius 3 is 1.65 bits per heavy atom. The smallest absolute Gasteiger partial charge is 0.0991 e. The van der Waals surface area contributed by atoms with Crippen LogP contribution in [0.4, 0.5) is 0 Å². The molecule has 0 spiro atoms. The van der Waals surface area contributed by atoms with E-state index in [2.05, 4.69) is 167 Å². The molecule has 214 valence electrons. The Hall–Kier alpha value is -6.37. The number of hydrogen-bond acceptors (Lipinski definition) is 1. The molecule has 0 saturated heterocycles. The Kier molecular flexibility index (Phi) is 5.88. The quantitative estimate of drug-likeness (QED) is 0.202. The lowest BCUT2D eigenvalue weighted by atomic mass is 9.96. The van der Waals surface area contributed by atoms with E-state index >= 15 is 0 Å². The number of benzene rings is 7. The van der Waals surface area contributed by atoms with Crippen LogP contribution in [0.1, 0.15) is 5.56 Å². The van der Waals surface area contributed by atoms with Crippen molar-refractivity contribution in [3.63, 3.8) is 0 Å². The Labute approximate surface area is 266 Å². The van der Waals surface area contributed by atoms with Crippen LogP contribution in [0.2, 0.25) is 0 Å². The first-order valence-electron chi connectivity index (χ1n) is 15.5. The van der Waals surface area contributed by atoms with E-state index in [0.717, 1.165) is 55.4 Å². The van der Waals surface area contributed by atoms with Gasteiger partial charge < -0.3 is 9.13 Å². The van der Waals surface area contributed by atoms with Crippen LogP contribution in [-0.2, 0) is 0 Å². The minimum absolute atomic E-state index is 0.664. The number of rotatable bonds is 4. The second kappa shape index (κ2) is 10.4. The molecule has 9 rings (SSSR count). The Morgan fingerprint density at radius 1 is 0.391 bits per heavy atom. The van der Waals surface area contributed by atoms with Gasteiger partial charge in [0.15, 0.2) is 0 Å². The topological polar surface area (TPSA) is 33.6 Å². The van der Waals surface area contributed by atoms with Crippen molar-refractivity contribution < 1.29 is 0 Å². The maximum atomic E-state index is 9.65. The van der Waals surface area contributed by atoms with Gasteiger partial charge in [0.25, 0.3) is 0 Å². The summed E-state index contributed by atoms with van der Waals surface area (Å²) in [5, 5.41) is 14.4. The molecule has 46 heavy (non-hydrogen) atoms. The molecular formula is C43H27N3. The van der Waals surface area contributed by atoms with E-state index in [4.69, 9.17) is 0 Å². The SMILES string of the molecule is N#Cc1ccc2c(c1)c1ccccc1n2-c1ccc(-c2cccc(-n3c4ccccc4c4ccccc43)c2)cc1-c1ccccc1. The van der Waals surface area contributed by atoms with Gasteiger partial charge in [-0.25, -0.2) is 0 Å². The van der Waals surface area contributed by atoms with Crippen LogP contribution in [0.5, 0.6) is 0 Å². The Bertz CT molecular complexity index is 2600. The highest BCUT2D eigenvalue weighted by molar-refractivity contribution is 6.11. The maximum absolute atomic E-state index is 9.65. The molecule has 0 aliphatic carbocycles. The number of para-hydroxylation sites is 3.